The lowest BCUT2D eigenvalue weighted by molar-refractivity contribution is -0.128. The summed E-state index contributed by atoms with van der Waals surface area (Å²) in [4.78, 5) is 28.2. The van der Waals surface area contributed by atoms with Crippen molar-refractivity contribution in [3.63, 3.8) is 0 Å². The molecule has 152 valence electrons. The Morgan fingerprint density at radius 2 is 1.63 bits per heavy atom. The van der Waals surface area contributed by atoms with Crippen LogP contribution < -0.4 is 15.0 Å². The summed E-state index contributed by atoms with van der Waals surface area (Å²) < 4.78 is 5.28. The Bertz CT molecular complexity index is 1060. The lowest BCUT2D eigenvalue weighted by atomic mass is 9.72. The highest BCUT2D eigenvalue weighted by Gasteiger charge is 2.52. The molecule has 1 N–H and O–H groups in total. The van der Waals surface area contributed by atoms with Gasteiger partial charge in [0.25, 0.3) is 0 Å². The van der Waals surface area contributed by atoms with Crippen LogP contribution in [0.15, 0.2) is 78.9 Å². The Hall–Kier alpha value is -3.60. The molecule has 0 saturated carbocycles. The number of methoxy groups -OCH3 is 1. The molecule has 1 heterocycles. The molecule has 5 nitrogen and oxygen atoms in total. The zero-order chi connectivity index (χ0) is 21.1. The second-order valence-corrected chi connectivity index (χ2v) is 7.45. The minimum Gasteiger partial charge on any atom is -0.497 e. The zero-order valence-corrected chi connectivity index (χ0v) is 17.1. The second-order valence-electron chi connectivity index (χ2n) is 7.45. The number of hydrogen-bond acceptors (Lipinski definition) is 3. The smallest absolute Gasteiger partial charge is 0.242 e. The number of rotatable bonds is 6. The van der Waals surface area contributed by atoms with Crippen molar-refractivity contribution in [2.75, 3.05) is 19.1 Å². The Balaban J connectivity index is 1.71. The van der Waals surface area contributed by atoms with Crippen LogP contribution in [0.4, 0.5) is 5.69 Å². The van der Waals surface area contributed by atoms with Crippen molar-refractivity contribution in [2.45, 2.75) is 18.4 Å². The molecule has 1 aliphatic heterocycles. The number of nitrogens with zero attached hydrogens (tertiary/aromatic N) is 1. The van der Waals surface area contributed by atoms with Gasteiger partial charge in [-0.2, -0.15) is 0 Å². The fourth-order valence-electron chi connectivity index (χ4n) is 4.17. The fraction of sp³-hybridized carbons (Fsp3) is 0.200. The molecule has 3 aromatic carbocycles. The van der Waals surface area contributed by atoms with E-state index in [0.29, 0.717) is 12.3 Å². The van der Waals surface area contributed by atoms with Crippen LogP contribution in [-0.2, 0) is 21.5 Å². The van der Waals surface area contributed by atoms with E-state index in [-0.39, 0.29) is 18.2 Å². The molecular weight excluding hydrogens is 376 g/mol. The van der Waals surface area contributed by atoms with E-state index in [9.17, 15) is 9.59 Å². The van der Waals surface area contributed by atoms with Crippen molar-refractivity contribution in [1.82, 2.24) is 5.32 Å². The molecule has 0 spiro atoms. The first-order valence-corrected chi connectivity index (χ1v) is 9.89. The number of carbonyl (C=O) groups is 2. The molecule has 0 bridgehead atoms. The van der Waals surface area contributed by atoms with Gasteiger partial charge in [-0.1, -0.05) is 60.7 Å². The summed E-state index contributed by atoms with van der Waals surface area (Å²) in [6.45, 7) is 0.421. The standard InChI is InChI=1S/C25H24N2O3/c1-27-22-11-7-6-10-21(22)25(24(27)29,19-12-14-20(30-2)15-13-19)16-23(28)26-17-18-8-4-3-5-9-18/h3-15H,16-17H2,1-2H3,(H,26,28). The number of fused-ring (bicyclic) bond motifs is 1. The molecule has 1 unspecified atom stereocenters. The number of para-hydroxylation sites is 1. The Labute approximate surface area is 176 Å². The van der Waals surface area contributed by atoms with Gasteiger partial charge in [0, 0.05) is 25.7 Å². The molecule has 30 heavy (non-hydrogen) atoms. The number of nitrogens with one attached hydrogen (secondary N) is 1. The predicted molar refractivity (Wildman–Crippen MR) is 117 cm³/mol. The van der Waals surface area contributed by atoms with Gasteiger partial charge >= 0.3 is 0 Å². The van der Waals surface area contributed by atoms with Crippen molar-refractivity contribution < 1.29 is 14.3 Å². The van der Waals surface area contributed by atoms with Crippen LogP contribution >= 0.6 is 0 Å². The number of benzene rings is 3. The summed E-state index contributed by atoms with van der Waals surface area (Å²) in [7, 11) is 3.36. The van der Waals surface area contributed by atoms with Gasteiger partial charge in [0.2, 0.25) is 11.8 Å². The van der Waals surface area contributed by atoms with Gasteiger partial charge in [-0.05, 0) is 34.9 Å². The summed E-state index contributed by atoms with van der Waals surface area (Å²) in [5, 5.41) is 2.97. The quantitative estimate of drug-likeness (QED) is 0.687. The van der Waals surface area contributed by atoms with Gasteiger partial charge in [-0.25, -0.2) is 0 Å². The molecular formula is C25H24N2O3. The first-order chi connectivity index (χ1) is 14.6. The predicted octanol–water partition coefficient (Wildman–Crippen LogP) is 3.66. The maximum absolute atomic E-state index is 13.6. The van der Waals surface area contributed by atoms with Crippen LogP contribution in [0.25, 0.3) is 0 Å². The Morgan fingerprint density at radius 3 is 2.33 bits per heavy atom. The Kier molecular flexibility index (Phi) is 5.27. The third-order valence-corrected chi connectivity index (χ3v) is 5.74. The molecule has 1 aliphatic rings. The van der Waals surface area contributed by atoms with Crippen molar-refractivity contribution in [3.8, 4) is 5.75 Å². The zero-order valence-electron chi connectivity index (χ0n) is 17.1. The first-order valence-electron chi connectivity index (χ1n) is 9.89. The van der Waals surface area contributed by atoms with Crippen molar-refractivity contribution >= 4 is 17.5 Å². The highest BCUT2D eigenvalue weighted by atomic mass is 16.5. The maximum atomic E-state index is 13.6. The van der Waals surface area contributed by atoms with Gasteiger partial charge in [0.05, 0.1) is 7.11 Å². The molecule has 3 aromatic rings. The van der Waals surface area contributed by atoms with Crippen LogP contribution in [0.1, 0.15) is 23.1 Å². The molecule has 0 fully saturated rings. The highest BCUT2D eigenvalue weighted by molar-refractivity contribution is 6.12. The molecule has 5 heteroatoms. The van der Waals surface area contributed by atoms with Gasteiger partial charge in [-0.15, -0.1) is 0 Å². The van der Waals surface area contributed by atoms with Crippen LogP contribution in [-0.4, -0.2) is 26.0 Å². The molecule has 0 saturated heterocycles. The monoisotopic (exact) mass is 400 g/mol. The summed E-state index contributed by atoms with van der Waals surface area (Å²) in [6, 6.07) is 24.8. The van der Waals surface area contributed by atoms with E-state index in [2.05, 4.69) is 5.32 Å². The highest BCUT2D eigenvalue weighted by Crippen LogP contribution is 2.48. The van der Waals surface area contributed by atoms with E-state index in [1.165, 1.54) is 0 Å². The number of amides is 2. The maximum Gasteiger partial charge on any atom is 0.242 e. The summed E-state index contributed by atoms with van der Waals surface area (Å²) in [6.07, 6.45) is 0.0341. The Morgan fingerprint density at radius 1 is 0.967 bits per heavy atom. The van der Waals surface area contributed by atoms with Gasteiger partial charge in [0.15, 0.2) is 0 Å². The van der Waals surface area contributed by atoms with Gasteiger partial charge in [-0.3, -0.25) is 9.59 Å². The van der Waals surface area contributed by atoms with E-state index >= 15 is 0 Å². The van der Waals surface area contributed by atoms with Gasteiger partial charge < -0.3 is 15.0 Å². The van der Waals surface area contributed by atoms with E-state index in [1.807, 2.05) is 78.9 Å². The summed E-state index contributed by atoms with van der Waals surface area (Å²) in [5.74, 6) is 0.423. The number of hydrogen-bond donors (Lipinski definition) is 1. The molecule has 2 amide bonds. The summed E-state index contributed by atoms with van der Waals surface area (Å²) >= 11 is 0. The lowest BCUT2D eigenvalue weighted by Crippen LogP contribution is -2.43. The first kappa shape index (κ1) is 19.7. The SMILES string of the molecule is COc1ccc(C2(CC(=O)NCc3ccccc3)C(=O)N(C)c3ccccc32)cc1. The molecule has 0 radical (unpaired) electrons. The van der Waals surface area contributed by atoms with Gasteiger partial charge in [0.1, 0.15) is 11.2 Å². The third-order valence-electron chi connectivity index (χ3n) is 5.74. The van der Waals surface area contributed by atoms with E-state index in [1.54, 1.807) is 19.1 Å². The minimum absolute atomic E-state index is 0.0341. The average molecular weight is 400 g/mol. The molecule has 0 aliphatic carbocycles. The molecule has 4 rings (SSSR count). The molecule has 0 aromatic heterocycles. The van der Waals surface area contributed by atoms with E-state index < -0.39 is 5.41 Å². The third kappa shape index (κ3) is 3.32. The topological polar surface area (TPSA) is 58.6 Å². The second kappa shape index (κ2) is 8.03. The minimum atomic E-state index is -1.07. The number of ether oxygens (including phenoxy) is 1. The van der Waals surface area contributed by atoms with E-state index in [4.69, 9.17) is 4.74 Å². The van der Waals surface area contributed by atoms with Crippen molar-refractivity contribution in [3.05, 3.63) is 95.6 Å². The average Bonchev–Trinajstić information content (AvgIpc) is 3.01. The van der Waals surface area contributed by atoms with Crippen molar-refractivity contribution in [2.24, 2.45) is 0 Å². The lowest BCUT2D eigenvalue weighted by Gasteiger charge is -2.28. The van der Waals surface area contributed by atoms with E-state index in [0.717, 1.165) is 22.4 Å². The number of carbonyl (C=O) groups excluding carboxylic acids is 2. The largest absolute Gasteiger partial charge is 0.497 e. The number of anilines is 1. The number of likely N-dealkylation sites (N-methyl/N-ethyl adjacent to an activating group) is 1. The normalized spacial score (nSPS) is 17.5. The van der Waals surface area contributed by atoms with Crippen LogP contribution in [0.5, 0.6) is 5.75 Å². The fourth-order valence-corrected chi connectivity index (χ4v) is 4.17. The van der Waals surface area contributed by atoms with Crippen molar-refractivity contribution in [1.29, 1.82) is 0 Å². The summed E-state index contributed by atoms with van der Waals surface area (Å²) in [5.41, 5.74) is 2.39. The van der Waals surface area contributed by atoms with Crippen LogP contribution in [0.3, 0.4) is 0 Å². The van der Waals surface area contributed by atoms with Crippen LogP contribution in [0, 0.1) is 0 Å². The van der Waals surface area contributed by atoms with Crippen LogP contribution in [0.2, 0.25) is 0 Å². The molecule has 1 atom stereocenters.